The number of carbonyl (C=O) groups excluding carboxylic acids is 1. The summed E-state index contributed by atoms with van der Waals surface area (Å²) in [7, 11) is 0. The van der Waals surface area contributed by atoms with E-state index in [1.807, 2.05) is 13.8 Å². The van der Waals surface area contributed by atoms with E-state index in [9.17, 15) is 4.79 Å². The van der Waals surface area contributed by atoms with Crippen molar-refractivity contribution in [2.45, 2.75) is 19.8 Å². The van der Waals surface area contributed by atoms with Gasteiger partial charge in [0.25, 0.3) is 5.91 Å². The maximum atomic E-state index is 11.6. The lowest BCUT2D eigenvalue weighted by atomic mass is 10.1. The van der Waals surface area contributed by atoms with Gasteiger partial charge in [0.05, 0.1) is 0 Å². The summed E-state index contributed by atoms with van der Waals surface area (Å²) >= 11 is 0. The van der Waals surface area contributed by atoms with Crippen molar-refractivity contribution in [2.75, 3.05) is 5.32 Å². The molecule has 84 valence electrons. The van der Waals surface area contributed by atoms with Crippen LogP contribution in [-0.2, 0) is 0 Å². The van der Waals surface area contributed by atoms with Gasteiger partial charge in [-0.05, 0) is 5.92 Å². The molecule has 0 aliphatic heterocycles. The van der Waals surface area contributed by atoms with Crippen LogP contribution in [0.1, 0.15) is 35.9 Å². The first-order chi connectivity index (χ1) is 7.66. The molecule has 0 saturated carbocycles. The SMILES string of the molecule is CC(C)c1cc(NC(=O)c2ccon2)n[nH]1. The number of amides is 1. The van der Waals surface area contributed by atoms with E-state index < -0.39 is 0 Å². The molecule has 0 aromatic carbocycles. The van der Waals surface area contributed by atoms with Gasteiger partial charge in [0.2, 0.25) is 0 Å². The van der Waals surface area contributed by atoms with Crippen LogP contribution in [0.5, 0.6) is 0 Å². The summed E-state index contributed by atoms with van der Waals surface area (Å²) in [6.07, 6.45) is 1.35. The topological polar surface area (TPSA) is 83.8 Å². The second-order valence-electron chi connectivity index (χ2n) is 3.70. The zero-order valence-corrected chi connectivity index (χ0v) is 9.02. The van der Waals surface area contributed by atoms with E-state index >= 15 is 0 Å². The number of aromatic nitrogens is 3. The molecular formula is C10H12N4O2. The smallest absolute Gasteiger partial charge is 0.279 e. The lowest BCUT2D eigenvalue weighted by Gasteiger charge is -1.97. The maximum Gasteiger partial charge on any atom is 0.279 e. The van der Waals surface area contributed by atoms with Gasteiger partial charge >= 0.3 is 0 Å². The third kappa shape index (κ3) is 2.10. The highest BCUT2D eigenvalue weighted by molar-refractivity contribution is 6.02. The molecule has 0 saturated heterocycles. The molecule has 6 nitrogen and oxygen atoms in total. The maximum absolute atomic E-state index is 11.6. The lowest BCUT2D eigenvalue weighted by molar-refractivity contribution is 0.101. The van der Waals surface area contributed by atoms with Crippen molar-refractivity contribution in [1.82, 2.24) is 15.4 Å². The molecule has 2 aromatic heterocycles. The van der Waals surface area contributed by atoms with Gasteiger partial charge in [-0.3, -0.25) is 9.89 Å². The largest absolute Gasteiger partial charge is 0.364 e. The van der Waals surface area contributed by atoms with Gasteiger partial charge in [-0.2, -0.15) is 5.10 Å². The fourth-order valence-electron chi connectivity index (χ4n) is 1.21. The van der Waals surface area contributed by atoms with E-state index in [1.54, 1.807) is 6.07 Å². The number of H-pyrrole nitrogens is 1. The van der Waals surface area contributed by atoms with E-state index in [2.05, 4.69) is 25.2 Å². The van der Waals surface area contributed by atoms with Gasteiger partial charge in [-0.25, -0.2) is 0 Å². The molecule has 0 radical (unpaired) electrons. The zero-order valence-electron chi connectivity index (χ0n) is 9.02. The van der Waals surface area contributed by atoms with Crippen molar-refractivity contribution in [3.63, 3.8) is 0 Å². The predicted molar refractivity (Wildman–Crippen MR) is 57.1 cm³/mol. The van der Waals surface area contributed by atoms with Crippen LogP contribution in [0, 0.1) is 0 Å². The number of anilines is 1. The van der Waals surface area contributed by atoms with Gasteiger partial charge in [0, 0.05) is 17.8 Å². The minimum Gasteiger partial charge on any atom is -0.364 e. The minimum atomic E-state index is -0.337. The normalized spacial score (nSPS) is 10.7. The Balaban J connectivity index is 2.07. The molecule has 2 aromatic rings. The molecule has 0 atom stereocenters. The van der Waals surface area contributed by atoms with Crippen molar-refractivity contribution in [1.29, 1.82) is 0 Å². The Bertz CT molecular complexity index is 473. The third-order valence-corrected chi connectivity index (χ3v) is 2.13. The van der Waals surface area contributed by atoms with Crippen LogP contribution in [0.2, 0.25) is 0 Å². The Morgan fingerprint density at radius 3 is 2.94 bits per heavy atom. The van der Waals surface area contributed by atoms with Crippen LogP contribution in [0.15, 0.2) is 22.9 Å². The number of hydrogen-bond donors (Lipinski definition) is 2. The van der Waals surface area contributed by atoms with Gasteiger partial charge in [-0.15, -0.1) is 0 Å². The molecule has 0 fully saturated rings. The van der Waals surface area contributed by atoms with Crippen LogP contribution in [0.3, 0.4) is 0 Å². The Labute approximate surface area is 92.0 Å². The number of hydrogen-bond acceptors (Lipinski definition) is 4. The first-order valence-corrected chi connectivity index (χ1v) is 4.94. The van der Waals surface area contributed by atoms with Crippen LogP contribution >= 0.6 is 0 Å². The highest BCUT2D eigenvalue weighted by Crippen LogP contribution is 2.15. The lowest BCUT2D eigenvalue weighted by Crippen LogP contribution is -2.12. The summed E-state index contributed by atoms with van der Waals surface area (Å²) in [6.45, 7) is 4.08. The van der Waals surface area contributed by atoms with Crippen LogP contribution in [0.25, 0.3) is 0 Å². The Morgan fingerprint density at radius 2 is 2.38 bits per heavy atom. The van der Waals surface area contributed by atoms with Crippen molar-refractivity contribution in [3.05, 3.63) is 29.8 Å². The van der Waals surface area contributed by atoms with Gasteiger partial charge < -0.3 is 9.84 Å². The Morgan fingerprint density at radius 1 is 1.56 bits per heavy atom. The molecule has 0 unspecified atom stereocenters. The summed E-state index contributed by atoms with van der Waals surface area (Å²) in [5, 5.41) is 13.0. The predicted octanol–water partition coefficient (Wildman–Crippen LogP) is 1.77. The molecule has 16 heavy (non-hydrogen) atoms. The van der Waals surface area contributed by atoms with Crippen LogP contribution in [0.4, 0.5) is 5.82 Å². The van der Waals surface area contributed by atoms with Gasteiger partial charge in [-0.1, -0.05) is 19.0 Å². The number of carbonyl (C=O) groups is 1. The second kappa shape index (κ2) is 4.18. The average molecular weight is 220 g/mol. The third-order valence-electron chi connectivity index (χ3n) is 2.13. The molecule has 0 spiro atoms. The molecule has 6 heteroatoms. The first-order valence-electron chi connectivity index (χ1n) is 4.94. The summed E-state index contributed by atoms with van der Waals surface area (Å²) in [6, 6.07) is 3.29. The molecule has 2 rings (SSSR count). The summed E-state index contributed by atoms with van der Waals surface area (Å²) < 4.78 is 4.58. The molecule has 1 amide bonds. The van der Waals surface area contributed by atoms with Crippen LogP contribution in [-0.4, -0.2) is 21.3 Å². The highest BCUT2D eigenvalue weighted by atomic mass is 16.5. The van der Waals surface area contributed by atoms with Crippen molar-refractivity contribution in [2.24, 2.45) is 0 Å². The summed E-state index contributed by atoms with van der Waals surface area (Å²) in [4.78, 5) is 11.6. The number of nitrogens with one attached hydrogen (secondary N) is 2. The minimum absolute atomic E-state index is 0.231. The quantitative estimate of drug-likeness (QED) is 0.825. The fraction of sp³-hybridized carbons (Fsp3) is 0.300. The van der Waals surface area contributed by atoms with E-state index in [1.165, 1.54) is 12.3 Å². The monoisotopic (exact) mass is 220 g/mol. The molecule has 2 heterocycles. The van der Waals surface area contributed by atoms with Crippen molar-refractivity contribution < 1.29 is 9.32 Å². The van der Waals surface area contributed by atoms with E-state index in [-0.39, 0.29) is 11.6 Å². The zero-order chi connectivity index (χ0) is 11.5. The van der Waals surface area contributed by atoms with Gasteiger partial charge in [0.15, 0.2) is 11.5 Å². The number of nitrogens with zero attached hydrogens (tertiary/aromatic N) is 2. The summed E-state index contributed by atoms with van der Waals surface area (Å²) in [5.74, 6) is 0.484. The molecule has 0 aliphatic carbocycles. The Kier molecular flexibility index (Phi) is 2.72. The molecule has 0 bridgehead atoms. The van der Waals surface area contributed by atoms with E-state index in [4.69, 9.17) is 0 Å². The second-order valence-corrected chi connectivity index (χ2v) is 3.70. The molecule has 0 aliphatic rings. The number of rotatable bonds is 3. The van der Waals surface area contributed by atoms with E-state index in [0.717, 1.165) is 5.69 Å². The first kappa shape index (κ1) is 10.4. The molecular weight excluding hydrogens is 208 g/mol. The van der Waals surface area contributed by atoms with Crippen LogP contribution < -0.4 is 5.32 Å². The molecule has 2 N–H and O–H groups in total. The van der Waals surface area contributed by atoms with Gasteiger partial charge in [0.1, 0.15) is 6.26 Å². The standard InChI is InChI=1S/C10H12N4O2/c1-6(2)8-5-9(13-12-8)11-10(15)7-3-4-16-14-7/h3-6H,1-2H3,(H2,11,12,13,15). The van der Waals surface area contributed by atoms with Crippen molar-refractivity contribution >= 4 is 11.7 Å². The fourth-order valence-corrected chi connectivity index (χ4v) is 1.21. The Hall–Kier alpha value is -2.11. The van der Waals surface area contributed by atoms with E-state index in [0.29, 0.717) is 11.7 Å². The average Bonchev–Trinajstić information content (AvgIpc) is 2.87. The number of aromatic amines is 1. The van der Waals surface area contributed by atoms with Crippen molar-refractivity contribution in [3.8, 4) is 0 Å². The highest BCUT2D eigenvalue weighted by Gasteiger charge is 2.11. The summed E-state index contributed by atoms with van der Waals surface area (Å²) in [5.41, 5.74) is 1.20.